The third-order valence-electron chi connectivity index (χ3n) is 4.82. The molecule has 3 aromatic heterocycles. The van der Waals surface area contributed by atoms with E-state index in [9.17, 15) is 4.79 Å². The Morgan fingerprint density at radius 3 is 2.79 bits per heavy atom. The molecule has 7 heteroatoms. The van der Waals surface area contributed by atoms with Gasteiger partial charge in [0.1, 0.15) is 6.33 Å². The second-order valence-electron chi connectivity index (χ2n) is 6.35. The zero-order valence-corrected chi connectivity index (χ0v) is 13.0. The van der Waals surface area contributed by atoms with Gasteiger partial charge in [-0.25, -0.2) is 14.8 Å². The molecule has 24 heavy (non-hydrogen) atoms. The van der Waals surface area contributed by atoms with E-state index in [0.717, 1.165) is 33.3 Å². The van der Waals surface area contributed by atoms with Gasteiger partial charge in [0.25, 0.3) is 0 Å². The summed E-state index contributed by atoms with van der Waals surface area (Å²) in [5.41, 5.74) is 3.85. The van der Waals surface area contributed by atoms with Crippen molar-refractivity contribution in [3.8, 4) is 11.3 Å². The first-order valence-corrected chi connectivity index (χ1v) is 8.20. The van der Waals surface area contributed by atoms with Gasteiger partial charge < -0.3 is 9.97 Å². The van der Waals surface area contributed by atoms with Crippen LogP contribution in [-0.2, 0) is 0 Å². The third-order valence-corrected chi connectivity index (χ3v) is 4.82. The Hall–Kier alpha value is -2.96. The van der Waals surface area contributed by atoms with Gasteiger partial charge in [0.15, 0.2) is 5.65 Å². The summed E-state index contributed by atoms with van der Waals surface area (Å²) in [4.78, 5) is 25.8. The van der Waals surface area contributed by atoms with E-state index in [1.165, 1.54) is 25.7 Å². The number of fused-ring (bicyclic) bond motifs is 2. The molecule has 5 rings (SSSR count). The number of hydrogen-bond donors (Lipinski definition) is 2. The van der Waals surface area contributed by atoms with E-state index in [2.05, 4.69) is 31.2 Å². The van der Waals surface area contributed by atoms with Gasteiger partial charge in [-0.05, 0) is 25.0 Å². The van der Waals surface area contributed by atoms with Crippen molar-refractivity contribution in [2.75, 3.05) is 0 Å². The molecule has 1 aromatic carbocycles. The first-order chi connectivity index (χ1) is 11.8. The fraction of sp³-hybridized carbons (Fsp3) is 0.294. The minimum atomic E-state index is -0.205. The summed E-state index contributed by atoms with van der Waals surface area (Å²) in [6.45, 7) is 0. The summed E-state index contributed by atoms with van der Waals surface area (Å²) in [6, 6.07) is 6.25. The maximum atomic E-state index is 11.4. The first kappa shape index (κ1) is 13.5. The molecular weight excluding hydrogens is 304 g/mol. The molecule has 1 fully saturated rings. The number of imidazole rings is 1. The Balaban J connectivity index is 1.68. The van der Waals surface area contributed by atoms with E-state index < -0.39 is 0 Å². The normalized spacial score (nSPS) is 15.7. The van der Waals surface area contributed by atoms with Crippen LogP contribution in [0.4, 0.5) is 0 Å². The van der Waals surface area contributed by atoms with Gasteiger partial charge in [-0.2, -0.15) is 5.10 Å². The van der Waals surface area contributed by atoms with Crippen LogP contribution < -0.4 is 5.69 Å². The van der Waals surface area contributed by atoms with Crippen LogP contribution in [0.1, 0.15) is 31.7 Å². The zero-order chi connectivity index (χ0) is 16.1. The number of aromatic amines is 2. The Labute approximate surface area is 136 Å². The van der Waals surface area contributed by atoms with Crippen LogP contribution in [0.3, 0.4) is 0 Å². The van der Waals surface area contributed by atoms with Gasteiger partial charge >= 0.3 is 5.69 Å². The topological polar surface area (TPSA) is 92.2 Å². The fourth-order valence-corrected chi connectivity index (χ4v) is 3.62. The number of aromatic nitrogens is 6. The van der Waals surface area contributed by atoms with Gasteiger partial charge in [0.05, 0.1) is 28.2 Å². The molecule has 120 valence electrons. The predicted molar refractivity (Wildman–Crippen MR) is 90.7 cm³/mol. The highest BCUT2D eigenvalue weighted by atomic mass is 16.1. The van der Waals surface area contributed by atoms with Crippen molar-refractivity contribution in [1.82, 2.24) is 29.7 Å². The lowest BCUT2D eigenvalue weighted by atomic mass is 10.1. The summed E-state index contributed by atoms with van der Waals surface area (Å²) in [5.74, 6) is 0. The largest absolute Gasteiger partial charge is 0.323 e. The molecule has 7 nitrogen and oxygen atoms in total. The predicted octanol–water partition coefficient (Wildman–Crippen LogP) is 2.78. The fourth-order valence-electron chi connectivity index (χ4n) is 3.62. The number of nitrogens with zero attached hydrogens (tertiary/aromatic N) is 4. The van der Waals surface area contributed by atoms with Gasteiger partial charge in [-0.15, -0.1) is 0 Å². The van der Waals surface area contributed by atoms with Crippen molar-refractivity contribution in [1.29, 1.82) is 0 Å². The molecule has 0 aliphatic heterocycles. The van der Waals surface area contributed by atoms with Gasteiger partial charge in [0.2, 0.25) is 0 Å². The highest BCUT2D eigenvalue weighted by Crippen LogP contribution is 2.32. The van der Waals surface area contributed by atoms with Crippen molar-refractivity contribution in [3.05, 3.63) is 41.2 Å². The highest BCUT2D eigenvalue weighted by molar-refractivity contribution is 5.92. The van der Waals surface area contributed by atoms with Crippen LogP contribution >= 0.6 is 0 Å². The van der Waals surface area contributed by atoms with Gasteiger partial charge in [0, 0.05) is 11.8 Å². The van der Waals surface area contributed by atoms with Crippen molar-refractivity contribution < 1.29 is 0 Å². The highest BCUT2D eigenvalue weighted by Gasteiger charge is 2.20. The van der Waals surface area contributed by atoms with E-state index in [4.69, 9.17) is 0 Å². The molecular formula is C17H16N6O. The molecule has 0 amide bonds. The van der Waals surface area contributed by atoms with Crippen molar-refractivity contribution >= 4 is 22.1 Å². The average Bonchev–Trinajstić information content (AvgIpc) is 3.31. The monoisotopic (exact) mass is 320 g/mol. The Bertz CT molecular complexity index is 1100. The number of hydrogen-bond acceptors (Lipinski definition) is 4. The number of rotatable bonds is 2. The number of H-pyrrole nitrogens is 2. The average molecular weight is 320 g/mol. The summed E-state index contributed by atoms with van der Waals surface area (Å²) in [5, 5.41) is 5.59. The van der Waals surface area contributed by atoms with Crippen LogP contribution in [0.2, 0.25) is 0 Å². The molecule has 1 aliphatic carbocycles. The molecule has 0 atom stereocenters. The van der Waals surface area contributed by atoms with E-state index in [1.807, 2.05) is 22.9 Å². The SMILES string of the molecule is O=c1[nH]c2ccc(-c3ncnc4nn(C5CCCC5)cc34)cc2[nH]1. The van der Waals surface area contributed by atoms with Crippen molar-refractivity contribution in [3.63, 3.8) is 0 Å². The maximum Gasteiger partial charge on any atom is 0.323 e. The minimum absolute atomic E-state index is 0.205. The Morgan fingerprint density at radius 1 is 1.08 bits per heavy atom. The molecule has 1 saturated carbocycles. The zero-order valence-electron chi connectivity index (χ0n) is 13.0. The molecule has 1 aliphatic rings. The quantitative estimate of drug-likeness (QED) is 0.594. The standard InChI is InChI=1S/C17H16N6O/c24-17-20-13-6-5-10(7-14(13)21-17)15-12-8-23(11-3-1-2-4-11)22-16(12)19-9-18-15/h5-9,11H,1-4H2,(H2,20,21,24). The molecule has 0 radical (unpaired) electrons. The number of nitrogens with one attached hydrogen (secondary N) is 2. The van der Waals surface area contributed by atoms with Crippen LogP contribution in [-0.4, -0.2) is 29.7 Å². The summed E-state index contributed by atoms with van der Waals surface area (Å²) < 4.78 is 2.05. The van der Waals surface area contributed by atoms with E-state index in [0.29, 0.717) is 6.04 Å². The minimum Gasteiger partial charge on any atom is -0.306 e. The molecule has 3 heterocycles. The molecule has 4 aromatic rings. The van der Waals surface area contributed by atoms with Crippen LogP contribution in [0, 0.1) is 0 Å². The molecule has 0 saturated heterocycles. The molecule has 0 unspecified atom stereocenters. The second kappa shape index (κ2) is 5.02. The molecule has 0 spiro atoms. The lowest BCUT2D eigenvalue weighted by Gasteiger charge is -2.07. The van der Waals surface area contributed by atoms with Crippen molar-refractivity contribution in [2.45, 2.75) is 31.7 Å². The Morgan fingerprint density at radius 2 is 1.92 bits per heavy atom. The number of benzene rings is 1. The van der Waals surface area contributed by atoms with Gasteiger partial charge in [-0.3, -0.25) is 4.68 Å². The molecule has 2 N–H and O–H groups in total. The van der Waals surface area contributed by atoms with Crippen LogP contribution in [0.15, 0.2) is 35.5 Å². The second-order valence-corrected chi connectivity index (χ2v) is 6.35. The maximum absolute atomic E-state index is 11.4. The van der Waals surface area contributed by atoms with E-state index >= 15 is 0 Å². The van der Waals surface area contributed by atoms with Crippen LogP contribution in [0.5, 0.6) is 0 Å². The molecule has 0 bridgehead atoms. The lowest BCUT2D eigenvalue weighted by Crippen LogP contribution is -2.04. The third kappa shape index (κ3) is 2.05. The lowest BCUT2D eigenvalue weighted by molar-refractivity contribution is 0.470. The summed E-state index contributed by atoms with van der Waals surface area (Å²) in [7, 11) is 0. The Kier molecular flexibility index (Phi) is 2.82. The van der Waals surface area contributed by atoms with E-state index in [1.54, 1.807) is 6.33 Å². The summed E-state index contributed by atoms with van der Waals surface area (Å²) >= 11 is 0. The summed E-state index contributed by atoms with van der Waals surface area (Å²) in [6.07, 6.45) is 8.48. The van der Waals surface area contributed by atoms with Gasteiger partial charge in [-0.1, -0.05) is 18.9 Å². The van der Waals surface area contributed by atoms with E-state index in [-0.39, 0.29) is 5.69 Å². The van der Waals surface area contributed by atoms with Crippen molar-refractivity contribution in [2.24, 2.45) is 0 Å². The van der Waals surface area contributed by atoms with Crippen LogP contribution in [0.25, 0.3) is 33.3 Å². The smallest absolute Gasteiger partial charge is 0.306 e. The first-order valence-electron chi connectivity index (χ1n) is 8.20.